The number of rotatable bonds is 5. The van der Waals surface area contributed by atoms with Crippen molar-refractivity contribution in [2.24, 2.45) is 0 Å². The molecule has 1 aromatic rings. The Labute approximate surface area is 106 Å². The minimum Gasteiger partial charge on any atom is -0.481 e. The van der Waals surface area contributed by atoms with Crippen molar-refractivity contribution in [2.75, 3.05) is 18.9 Å². The van der Waals surface area contributed by atoms with Gasteiger partial charge in [0.2, 0.25) is 0 Å². The van der Waals surface area contributed by atoms with Gasteiger partial charge in [-0.15, -0.1) is 0 Å². The van der Waals surface area contributed by atoms with Gasteiger partial charge in [0.25, 0.3) is 0 Å². The van der Waals surface area contributed by atoms with Crippen molar-refractivity contribution in [1.29, 1.82) is 0 Å². The fraction of sp³-hybridized carbons (Fsp3) is 0.385. The number of carbonyl (C=O) groups is 2. The predicted molar refractivity (Wildman–Crippen MR) is 69.7 cm³/mol. The molecule has 0 aliphatic carbocycles. The first-order valence-electron chi connectivity index (χ1n) is 5.86. The zero-order chi connectivity index (χ0) is 13.5. The zero-order valence-corrected chi connectivity index (χ0v) is 10.6. The topological polar surface area (TPSA) is 69.6 Å². The maximum absolute atomic E-state index is 11.8. The van der Waals surface area contributed by atoms with Gasteiger partial charge in [-0.3, -0.25) is 4.79 Å². The zero-order valence-electron chi connectivity index (χ0n) is 10.6. The number of para-hydroxylation sites is 1. The van der Waals surface area contributed by atoms with E-state index in [1.165, 1.54) is 4.90 Å². The Hall–Kier alpha value is -2.04. The van der Waals surface area contributed by atoms with Crippen LogP contribution in [0.4, 0.5) is 10.5 Å². The average molecular weight is 250 g/mol. The van der Waals surface area contributed by atoms with E-state index >= 15 is 0 Å². The molecule has 18 heavy (non-hydrogen) atoms. The first-order valence-corrected chi connectivity index (χ1v) is 5.86. The van der Waals surface area contributed by atoms with Gasteiger partial charge in [-0.25, -0.2) is 4.79 Å². The highest BCUT2D eigenvalue weighted by atomic mass is 16.4. The minimum atomic E-state index is -0.913. The summed E-state index contributed by atoms with van der Waals surface area (Å²) in [4.78, 5) is 23.6. The molecule has 0 aliphatic rings. The molecule has 0 atom stereocenters. The number of carbonyl (C=O) groups excluding carboxylic acids is 1. The lowest BCUT2D eigenvalue weighted by atomic mass is 10.1. The molecule has 0 bridgehead atoms. The van der Waals surface area contributed by atoms with Crippen LogP contribution in [0, 0.1) is 0 Å². The molecule has 0 saturated carbocycles. The minimum absolute atomic E-state index is 0.0562. The molecule has 0 unspecified atom stereocenters. The summed E-state index contributed by atoms with van der Waals surface area (Å²) in [7, 11) is 1.58. The van der Waals surface area contributed by atoms with E-state index in [-0.39, 0.29) is 19.0 Å². The largest absolute Gasteiger partial charge is 0.481 e. The molecule has 0 spiro atoms. The summed E-state index contributed by atoms with van der Waals surface area (Å²) in [5.74, 6) is -0.913. The Kier molecular flexibility index (Phi) is 5.17. The van der Waals surface area contributed by atoms with E-state index in [0.717, 1.165) is 17.7 Å². The molecule has 0 aromatic heterocycles. The van der Waals surface area contributed by atoms with E-state index in [2.05, 4.69) is 5.32 Å². The van der Waals surface area contributed by atoms with E-state index < -0.39 is 5.97 Å². The lowest BCUT2D eigenvalue weighted by molar-refractivity contribution is -0.137. The van der Waals surface area contributed by atoms with Crippen LogP contribution in [-0.4, -0.2) is 35.6 Å². The monoisotopic (exact) mass is 250 g/mol. The first-order chi connectivity index (χ1) is 8.54. The highest BCUT2D eigenvalue weighted by Crippen LogP contribution is 2.15. The van der Waals surface area contributed by atoms with Crippen LogP contribution < -0.4 is 5.32 Å². The second-order valence-electron chi connectivity index (χ2n) is 4.01. The van der Waals surface area contributed by atoms with Crippen LogP contribution in [0.15, 0.2) is 24.3 Å². The number of hydrogen-bond acceptors (Lipinski definition) is 2. The van der Waals surface area contributed by atoms with Crippen LogP contribution in [0.25, 0.3) is 0 Å². The van der Waals surface area contributed by atoms with Gasteiger partial charge >= 0.3 is 12.0 Å². The third-order valence-corrected chi connectivity index (χ3v) is 2.65. The maximum Gasteiger partial charge on any atom is 0.321 e. The number of nitrogens with one attached hydrogen (secondary N) is 1. The normalized spacial score (nSPS) is 9.89. The fourth-order valence-corrected chi connectivity index (χ4v) is 1.53. The first kappa shape index (κ1) is 14.0. The van der Waals surface area contributed by atoms with Gasteiger partial charge in [-0.2, -0.15) is 0 Å². The maximum atomic E-state index is 11.8. The lowest BCUT2D eigenvalue weighted by Gasteiger charge is -2.18. The molecule has 98 valence electrons. The molecule has 5 nitrogen and oxygen atoms in total. The van der Waals surface area contributed by atoms with Gasteiger partial charge in [0.05, 0.1) is 6.42 Å². The fourth-order valence-electron chi connectivity index (χ4n) is 1.53. The van der Waals surface area contributed by atoms with Crippen molar-refractivity contribution in [3.05, 3.63) is 29.8 Å². The molecule has 0 heterocycles. The van der Waals surface area contributed by atoms with E-state index in [1.807, 2.05) is 31.2 Å². The Morgan fingerprint density at radius 1 is 1.33 bits per heavy atom. The molecule has 0 saturated heterocycles. The molecular formula is C13H18N2O3. The quantitative estimate of drug-likeness (QED) is 0.841. The van der Waals surface area contributed by atoms with Gasteiger partial charge in [0, 0.05) is 19.3 Å². The van der Waals surface area contributed by atoms with Crippen molar-refractivity contribution < 1.29 is 14.7 Å². The van der Waals surface area contributed by atoms with Crippen LogP contribution >= 0.6 is 0 Å². The number of aryl methyl sites for hydroxylation is 1. The van der Waals surface area contributed by atoms with Crippen LogP contribution in [0.5, 0.6) is 0 Å². The summed E-state index contributed by atoms with van der Waals surface area (Å²) >= 11 is 0. The smallest absolute Gasteiger partial charge is 0.321 e. The van der Waals surface area contributed by atoms with E-state index in [1.54, 1.807) is 7.05 Å². The van der Waals surface area contributed by atoms with Crippen molar-refractivity contribution in [3.63, 3.8) is 0 Å². The second kappa shape index (κ2) is 6.64. The van der Waals surface area contributed by atoms with Gasteiger partial charge in [-0.1, -0.05) is 25.1 Å². The van der Waals surface area contributed by atoms with Crippen molar-refractivity contribution >= 4 is 17.7 Å². The summed E-state index contributed by atoms with van der Waals surface area (Å²) < 4.78 is 0. The molecule has 0 radical (unpaired) electrons. The third-order valence-electron chi connectivity index (χ3n) is 2.65. The summed E-state index contributed by atoms with van der Waals surface area (Å²) in [5.41, 5.74) is 1.82. The van der Waals surface area contributed by atoms with Crippen molar-refractivity contribution in [1.82, 2.24) is 4.90 Å². The van der Waals surface area contributed by atoms with Gasteiger partial charge in [0.15, 0.2) is 0 Å². The SMILES string of the molecule is CCc1ccccc1NC(=O)N(C)CCC(=O)O. The van der Waals surface area contributed by atoms with Crippen LogP contribution in [-0.2, 0) is 11.2 Å². The molecule has 1 aromatic carbocycles. The Morgan fingerprint density at radius 3 is 2.61 bits per heavy atom. The van der Waals surface area contributed by atoms with Crippen LogP contribution in [0.2, 0.25) is 0 Å². The van der Waals surface area contributed by atoms with Gasteiger partial charge < -0.3 is 15.3 Å². The highest BCUT2D eigenvalue weighted by molar-refractivity contribution is 5.90. The summed E-state index contributed by atoms with van der Waals surface area (Å²) in [6.07, 6.45) is 0.772. The number of amides is 2. The predicted octanol–water partition coefficient (Wildman–Crippen LogP) is 2.19. The van der Waals surface area contributed by atoms with E-state index in [4.69, 9.17) is 5.11 Å². The molecule has 0 fully saturated rings. The Balaban J connectivity index is 2.60. The summed E-state index contributed by atoms with van der Waals surface area (Å²) in [6, 6.07) is 7.26. The molecule has 2 N–H and O–H groups in total. The van der Waals surface area contributed by atoms with E-state index in [0.29, 0.717) is 0 Å². The average Bonchev–Trinajstić information content (AvgIpc) is 2.36. The van der Waals surface area contributed by atoms with Crippen LogP contribution in [0.3, 0.4) is 0 Å². The van der Waals surface area contributed by atoms with Crippen LogP contribution in [0.1, 0.15) is 18.9 Å². The van der Waals surface area contributed by atoms with Gasteiger partial charge in [-0.05, 0) is 18.1 Å². The number of carboxylic acids is 1. The van der Waals surface area contributed by atoms with E-state index in [9.17, 15) is 9.59 Å². The molecule has 5 heteroatoms. The lowest BCUT2D eigenvalue weighted by Crippen LogP contribution is -2.33. The summed E-state index contributed by atoms with van der Waals surface area (Å²) in [5, 5.41) is 11.3. The Bertz CT molecular complexity index is 432. The molecule has 0 aliphatic heterocycles. The Morgan fingerprint density at radius 2 is 2.00 bits per heavy atom. The number of nitrogens with zero attached hydrogens (tertiary/aromatic N) is 1. The highest BCUT2D eigenvalue weighted by Gasteiger charge is 2.11. The number of anilines is 1. The standard InChI is InChI=1S/C13H18N2O3/c1-3-10-6-4-5-7-11(10)14-13(18)15(2)9-8-12(16)17/h4-7H,3,8-9H2,1-2H3,(H,14,18)(H,16,17). The third kappa shape index (κ3) is 4.08. The molecular weight excluding hydrogens is 232 g/mol. The second-order valence-corrected chi connectivity index (χ2v) is 4.01. The number of aliphatic carboxylic acids is 1. The van der Waals surface area contributed by atoms with Crippen molar-refractivity contribution in [3.8, 4) is 0 Å². The molecule has 1 rings (SSSR count). The number of carboxylic acid groups (broad SMARTS) is 1. The van der Waals surface area contributed by atoms with Gasteiger partial charge in [0.1, 0.15) is 0 Å². The number of hydrogen-bond donors (Lipinski definition) is 2. The van der Waals surface area contributed by atoms with Crippen molar-refractivity contribution in [2.45, 2.75) is 19.8 Å². The summed E-state index contributed by atoms with van der Waals surface area (Å²) in [6.45, 7) is 2.20. The molecule has 2 amide bonds. The number of urea groups is 1. The number of benzene rings is 1.